The van der Waals surface area contributed by atoms with Crippen LogP contribution in [0.25, 0.3) is 0 Å². The summed E-state index contributed by atoms with van der Waals surface area (Å²) in [4.78, 5) is 2.34. The zero-order chi connectivity index (χ0) is 12.6. The lowest BCUT2D eigenvalue weighted by Gasteiger charge is -2.37. The Bertz CT molecular complexity index is 183. The summed E-state index contributed by atoms with van der Waals surface area (Å²) in [5.74, 6) is 0. The number of aliphatic hydroxyl groups is 2. The number of hydrogen-bond acceptors (Lipinski definition) is 3. The summed E-state index contributed by atoms with van der Waals surface area (Å²) < 4.78 is 0. The molecule has 0 heterocycles. The number of aliphatic hydroxyl groups excluding tert-OH is 1. The van der Waals surface area contributed by atoms with Gasteiger partial charge in [0.05, 0.1) is 5.60 Å². The van der Waals surface area contributed by atoms with E-state index in [0.29, 0.717) is 0 Å². The largest absolute Gasteiger partial charge is 0.396 e. The summed E-state index contributed by atoms with van der Waals surface area (Å²) in [5.41, 5.74) is -0.457. The van der Waals surface area contributed by atoms with Crippen molar-refractivity contribution in [3.05, 3.63) is 0 Å². The Morgan fingerprint density at radius 2 is 1.71 bits per heavy atom. The van der Waals surface area contributed by atoms with Gasteiger partial charge in [-0.25, -0.2) is 0 Å². The highest BCUT2D eigenvalue weighted by atomic mass is 16.3. The van der Waals surface area contributed by atoms with Gasteiger partial charge in [0.1, 0.15) is 0 Å². The average molecular weight is 243 g/mol. The van der Waals surface area contributed by atoms with Gasteiger partial charge in [0.2, 0.25) is 0 Å². The normalized spacial score (nSPS) is 19.8. The standard InChI is InChI=1S/C14H29NO2/c1-2-3-10-15(11-7-12-16)13-14(17)8-5-4-6-9-14/h16-17H,2-13H2,1H3. The molecule has 0 radical (unpaired) electrons. The Hall–Kier alpha value is -0.120. The van der Waals surface area contributed by atoms with E-state index in [9.17, 15) is 5.11 Å². The number of unbranched alkanes of at least 4 members (excludes halogenated alkanes) is 1. The van der Waals surface area contributed by atoms with E-state index in [2.05, 4.69) is 11.8 Å². The molecule has 0 atom stereocenters. The van der Waals surface area contributed by atoms with Crippen LogP contribution < -0.4 is 0 Å². The van der Waals surface area contributed by atoms with Crippen LogP contribution in [-0.2, 0) is 0 Å². The van der Waals surface area contributed by atoms with E-state index in [-0.39, 0.29) is 6.61 Å². The molecule has 17 heavy (non-hydrogen) atoms. The molecule has 0 aliphatic heterocycles. The third kappa shape index (κ3) is 5.84. The van der Waals surface area contributed by atoms with Crippen molar-refractivity contribution >= 4 is 0 Å². The molecule has 0 aromatic rings. The van der Waals surface area contributed by atoms with Crippen molar-refractivity contribution in [3.63, 3.8) is 0 Å². The summed E-state index contributed by atoms with van der Waals surface area (Å²) in [7, 11) is 0. The van der Waals surface area contributed by atoms with E-state index < -0.39 is 5.60 Å². The van der Waals surface area contributed by atoms with Gasteiger partial charge < -0.3 is 15.1 Å². The Morgan fingerprint density at radius 3 is 2.29 bits per heavy atom. The lowest BCUT2D eigenvalue weighted by atomic mass is 9.84. The summed E-state index contributed by atoms with van der Waals surface area (Å²) >= 11 is 0. The first kappa shape index (κ1) is 14.9. The van der Waals surface area contributed by atoms with Gasteiger partial charge in [-0.05, 0) is 32.2 Å². The highest BCUT2D eigenvalue weighted by Crippen LogP contribution is 2.28. The summed E-state index contributed by atoms with van der Waals surface area (Å²) in [6, 6.07) is 0. The molecule has 0 spiro atoms. The third-order valence-corrected chi connectivity index (χ3v) is 3.76. The highest BCUT2D eigenvalue weighted by molar-refractivity contribution is 4.85. The fourth-order valence-electron chi connectivity index (χ4n) is 2.73. The molecule has 1 saturated carbocycles. The van der Waals surface area contributed by atoms with Crippen molar-refractivity contribution in [3.8, 4) is 0 Å². The maximum atomic E-state index is 10.5. The Kier molecular flexibility index (Phi) is 7.09. The molecule has 0 unspecified atom stereocenters. The molecule has 0 aromatic heterocycles. The first-order valence-electron chi connectivity index (χ1n) is 7.26. The van der Waals surface area contributed by atoms with Crippen LogP contribution in [0.4, 0.5) is 0 Å². The molecular weight excluding hydrogens is 214 g/mol. The number of rotatable bonds is 8. The SMILES string of the molecule is CCCCN(CCCO)CC1(O)CCCCC1. The predicted octanol–water partition coefficient (Wildman–Crippen LogP) is 2.17. The van der Waals surface area contributed by atoms with Crippen molar-refractivity contribution in [1.82, 2.24) is 4.90 Å². The minimum absolute atomic E-state index is 0.251. The summed E-state index contributed by atoms with van der Waals surface area (Å²) in [5, 5.41) is 19.5. The van der Waals surface area contributed by atoms with E-state index in [1.165, 1.54) is 19.3 Å². The lowest BCUT2D eigenvalue weighted by molar-refractivity contribution is -0.0273. The van der Waals surface area contributed by atoms with Gasteiger partial charge in [-0.1, -0.05) is 32.6 Å². The van der Waals surface area contributed by atoms with Crippen LogP contribution in [0.3, 0.4) is 0 Å². The fourth-order valence-corrected chi connectivity index (χ4v) is 2.73. The first-order chi connectivity index (χ1) is 8.20. The second-order valence-corrected chi connectivity index (χ2v) is 5.49. The third-order valence-electron chi connectivity index (χ3n) is 3.76. The van der Waals surface area contributed by atoms with Crippen LogP contribution in [0.5, 0.6) is 0 Å². The molecule has 0 saturated heterocycles. The van der Waals surface area contributed by atoms with Crippen molar-refractivity contribution in [2.45, 2.75) is 63.9 Å². The second kappa shape index (κ2) is 8.06. The Labute approximate surface area is 106 Å². The molecule has 0 amide bonds. The lowest BCUT2D eigenvalue weighted by Crippen LogP contribution is -2.45. The number of hydrogen-bond donors (Lipinski definition) is 2. The molecule has 3 heteroatoms. The fraction of sp³-hybridized carbons (Fsp3) is 1.00. The number of nitrogens with zero attached hydrogens (tertiary/aromatic N) is 1. The van der Waals surface area contributed by atoms with Crippen molar-refractivity contribution in [2.24, 2.45) is 0 Å². The van der Waals surface area contributed by atoms with Gasteiger partial charge >= 0.3 is 0 Å². The van der Waals surface area contributed by atoms with E-state index in [4.69, 9.17) is 5.11 Å². The minimum atomic E-state index is -0.457. The van der Waals surface area contributed by atoms with Gasteiger partial charge in [-0.2, -0.15) is 0 Å². The monoisotopic (exact) mass is 243 g/mol. The van der Waals surface area contributed by atoms with Crippen molar-refractivity contribution in [2.75, 3.05) is 26.2 Å². The van der Waals surface area contributed by atoms with Gasteiger partial charge in [0.25, 0.3) is 0 Å². The maximum absolute atomic E-state index is 10.5. The van der Waals surface area contributed by atoms with Gasteiger partial charge in [-0.15, -0.1) is 0 Å². The highest BCUT2D eigenvalue weighted by Gasteiger charge is 2.30. The zero-order valence-electron chi connectivity index (χ0n) is 11.3. The van der Waals surface area contributed by atoms with E-state index in [0.717, 1.165) is 51.7 Å². The molecule has 2 N–H and O–H groups in total. The van der Waals surface area contributed by atoms with Crippen LogP contribution >= 0.6 is 0 Å². The second-order valence-electron chi connectivity index (χ2n) is 5.49. The first-order valence-corrected chi connectivity index (χ1v) is 7.26. The van der Waals surface area contributed by atoms with Gasteiger partial charge in [-0.3, -0.25) is 0 Å². The molecule has 1 rings (SSSR count). The molecule has 3 nitrogen and oxygen atoms in total. The van der Waals surface area contributed by atoms with Crippen LogP contribution in [0, 0.1) is 0 Å². The summed E-state index contributed by atoms with van der Waals surface area (Å²) in [6.45, 7) is 5.21. The van der Waals surface area contributed by atoms with E-state index in [1.54, 1.807) is 0 Å². The molecular formula is C14H29NO2. The van der Waals surface area contributed by atoms with Crippen molar-refractivity contribution in [1.29, 1.82) is 0 Å². The van der Waals surface area contributed by atoms with Crippen LogP contribution in [0.2, 0.25) is 0 Å². The topological polar surface area (TPSA) is 43.7 Å². The maximum Gasteiger partial charge on any atom is 0.0774 e. The summed E-state index contributed by atoms with van der Waals surface area (Å²) in [6.07, 6.45) is 8.70. The average Bonchev–Trinajstić information content (AvgIpc) is 2.33. The van der Waals surface area contributed by atoms with Crippen LogP contribution in [0.1, 0.15) is 58.3 Å². The van der Waals surface area contributed by atoms with E-state index >= 15 is 0 Å². The zero-order valence-corrected chi connectivity index (χ0v) is 11.3. The Balaban J connectivity index is 2.38. The van der Waals surface area contributed by atoms with Gasteiger partial charge in [0.15, 0.2) is 0 Å². The Morgan fingerprint density at radius 1 is 1.06 bits per heavy atom. The molecule has 0 bridgehead atoms. The van der Waals surface area contributed by atoms with Crippen LogP contribution in [-0.4, -0.2) is 47.0 Å². The smallest absolute Gasteiger partial charge is 0.0774 e. The minimum Gasteiger partial charge on any atom is -0.396 e. The molecule has 102 valence electrons. The van der Waals surface area contributed by atoms with Crippen molar-refractivity contribution < 1.29 is 10.2 Å². The molecule has 1 aliphatic carbocycles. The van der Waals surface area contributed by atoms with E-state index in [1.807, 2.05) is 0 Å². The predicted molar refractivity (Wildman–Crippen MR) is 71.1 cm³/mol. The van der Waals surface area contributed by atoms with Crippen LogP contribution in [0.15, 0.2) is 0 Å². The molecule has 1 fully saturated rings. The molecule has 1 aliphatic rings. The van der Waals surface area contributed by atoms with Gasteiger partial charge in [0, 0.05) is 19.7 Å². The quantitative estimate of drug-likeness (QED) is 0.686. The molecule has 0 aromatic carbocycles.